The minimum absolute atomic E-state index is 0.233. The maximum absolute atomic E-state index is 13.4. The van der Waals surface area contributed by atoms with Crippen molar-refractivity contribution in [3.63, 3.8) is 0 Å². The van der Waals surface area contributed by atoms with E-state index in [1.54, 1.807) is 40.4 Å². The molecule has 0 spiro atoms. The third-order valence-corrected chi connectivity index (χ3v) is 7.98. The lowest BCUT2D eigenvalue weighted by atomic mass is 10.1. The number of aryl methyl sites for hydroxylation is 1. The first-order valence-electron chi connectivity index (χ1n) is 12.3. The number of benzene rings is 1. The van der Waals surface area contributed by atoms with Crippen molar-refractivity contribution in [3.05, 3.63) is 71.2 Å². The zero-order valence-electron chi connectivity index (χ0n) is 21.2. The number of amides is 1. The molecule has 1 saturated heterocycles. The van der Waals surface area contributed by atoms with Gasteiger partial charge in [0.15, 0.2) is 17.3 Å². The molecule has 12 heteroatoms. The van der Waals surface area contributed by atoms with E-state index in [2.05, 4.69) is 20.3 Å². The third kappa shape index (κ3) is 5.10. The van der Waals surface area contributed by atoms with Gasteiger partial charge in [-0.1, -0.05) is 0 Å². The zero-order chi connectivity index (χ0) is 26.9. The maximum atomic E-state index is 13.4. The summed E-state index contributed by atoms with van der Waals surface area (Å²) in [5.41, 5.74) is 3.76. The number of morpholine rings is 1. The molecule has 9 nitrogen and oxygen atoms in total. The van der Waals surface area contributed by atoms with Gasteiger partial charge in [0.05, 0.1) is 41.0 Å². The van der Waals surface area contributed by atoms with Crippen molar-refractivity contribution in [3.8, 4) is 17.1 Å². The first-order valence-corrected chi connectivity index (χ1v) is 14.4. The molecule has 1 aliphatic heterocycles. The minimum atomic E-state index is -0.383. The molecule has 0 atom stereocenters. The van der Waals surface area contributed by atoms with Crippen LogP contribution in [-0.2, 0) is 4.74 Å². The Morgan fingerprint density at radius 1 is 1.13 bits per heavy atom. The Morgan fingerprint density at radius 2 is 1.92 bits per heavy atom. The number of thiophene rings is 1. The Hall–Kier alpha value is -3.87. The lowest BCUT2D eigenvalue weighted by Gasteiger charge is -2.28. The highest BCUT2D eigenvalue weighted by Gasteiger charge is 2.21. The van der Waals surface area contributed by atoms with Gasteiger partial charge >= 0.3 is 0 Å². The number of hydrogen-bond acceptors (Lipinski definition) is 9. The van der Waals surface area contributed by atoms with Gasteiger partial charge in [0.2, 0.25) is 0 Å². The Labute approximate surface area is 232 Å². The standard InChI is InChI=1S/C27H24FN7O2S2/c1-16-20(25-31-21-7-12-39-24(21)26(32-25)34-8-10-37-11-9-34)13-18(15-29-16)30-27(36)22-14-23(38-2)35(33-22)19-5-3-17(28)4-6-19/h3-7,12-15H,8-11H2,1-2H3,(H,30,36). The molecule has 198 valence electrons. The predicted molar refractivity (Wildman–Crippen MR) is 152 cm³/mol. The van der Waals surface area contributed by atoms with Gasteiger partial charge in [-0.3, -0.25) is 9.78 Å². The molecule has 0 unspecified atom stereocenters. The fourth-order valence-electron chi connectivity index (χ4n) is 4.37. The zero-order valence-corrected chi connectivity index (χ0v) is 22.9. The van der Waals surface area contributed by atoms with Crippen LogP contribution in [0, 0.1) is 12.7 Å². The second kappa shape index (κ2) is 10.7. The molecule has 0 bridgehead atoms. The second-order valence-electron chi connectivity index (χ2n) is 8.88. The fourth-order valence-corrected chi connectivity index (χ4v) is 5.76. The molecule has 0 saturated carbocycles. The number of pyridine rings is 1. The van der Waals surface area contributed by atoms with Gasteiger partial charge in [0.1, 0.15) is 10.8 Å². The van der Waals surface area contributed by atoms with E-state index < -0.39 is 0 Å². The third-order valence-electron chi connectivity index (χ3n) is 6.37. The summed E-state index contributed by atoms with van der Waals surface area (Å²) in [4.78, 5) is 29.7. The normalized spacial score (nSPS) is 13.7. The molecule has 1 aliphatic rings. The SMILES string of the molecule is CSc1cc(C(=O)Nc2cnc(C)c(-c3nc(N4CCOCC4)c4sccc4n3)c2)nn1-c1ccc(F)cc1. The van der Waals surface area contributed by atoms with Crippen LogP contribution in [0.25, 0.3) is 27.3 Å². The summed E-state index contributed by atoms with van der Waals surface area (Å²) < 4.78 is 21.6. The van der Waals surface area contributed by atoms with Crippen molar-refractivity contribution < 1.29 is 13.9 Å². The molecule has 0 radical (unpaired) electrons. The van der Waals surface area contributed by atoms with E-state index in [9.17, 15) is 9.18 Å². The summed E-state index contributed by atoms with van der Waals surface area (Å²) in [6.07, 6.45) is 3.50. The van der Waals surface area contributed by atoms with E-state index in [1.165, 1.54) is 23.9 Å². The van der Waals surface area contributed by atoms with Crippen molar-refractivity contribution >= 4 is 50.7 Å². The molecule has 6 rings (SSSR count). The topological polar surface area (TPSA) is 98.1 Å². The Morgan fingerprint density at radius 3 is 2.69 bits per heavy atom. The summed E-state index contributed by atoms with van der Waals surface area (Å²) in [6, 6.07) is 11.5. The number of thioether (sulfide) groups is 1. The molecule has 0 aliphatic carbocycles. The fraction of sp³-hybridized carbons (Fsp3) is 0.222. The van der Waals surface area contributed by atoms with Gasteiger partial charge < -0.3 is 15.0 Å². The maximum Gasteiger partial charge on any atom is 0.276 e. The number of rotatable bonds is 6. The van der Waals surface area contributed by atoms with E-state index in [4.69, 9.17) is 14.7 Å². The van der Waals surface area contributed by atoms with Crippen molar-refractivity contribution in [2.24, 2.45) is 0 Å². The van der Waals surface area contributed by atoms with Crippen LogP contribution >= 0.6 is 23.1 Å². The molecule has 1 aromatic carbocycles. The highest BCUT2D eigenvalue weighted by Crippen LogP contribution is 2.33. The smallest absolute Gasteiger partial charge is 0.276 e. The molecular weight excluding hydrogens is 537 g/mol. The molecule has 39 heavy (non-hydrogen) atoms. The Balaban J connectivity index is 1.31. The highest BCUT2D eigenvalue weighted by atomic mass is 32.2. The molecule has 5 aromatic rings. The van der Waals surface area contributed by atoms with Crippen LogP contribution < -0.4 is 10.2 Å². The number of carbonyl (C=O) groups is 1. The number of anilines is 2. The summed E-state index contributed by atoms with van der Waals surface area (Å²) in [5, 5.41) is 10.1. The second-order valence-corrected chi connectivity index (χ2v) is 10.6. The van der Waals surface area contributed by atoms with E-state index in [-0.39, 0.29) is 17.4 Å². The number of hydrogen-bond donors (Lipinski definition) is 1. The van der Waals surface area contributed by atoms with Crippen LogP contribution in [0.1, 0.15) is 16.2 Å². The van der Waals surface area contributed by atoms with Gasteiger partial charge in [-0.25, -0.2) is 19.0 Å². The summed E-state index contributed by atoms with van der Waals surface area (Å²) in [6.45, 7) is 4.73. The Kier molecular flexibility index (Phi) is 6.98. The van der Waals surface area contributed by atoms with Gasteiger partial charge in [0.25, 0.3) is 5.91 Å². The average Bonchev–Trinajstić information content (AvgIpc) is 3.62. The van der Waals surface area contributed by atoms with Crippen molar-refractivity contribution in [2.45, 2.75) is 11.9 Å². The molecule has 5 heterocycles. The van der Waals surface area contributed by atoms with Crippen molar-refractivity contribution in [2.75, 3.05) is 42.8 Å². The largest absolute Gasteiger partial charge is 0.378 e. The number of carbonyl (C=O) groups excluding carboxylic acids is 1. The molecule has 4 aromatic heterocycles. The van der Waals surface area contributed by atoms with Crippen LogP contribution in [0.4, 0.5) is 15.9 Å². The number of ether oxygens (including phenoxy) is 1. The van der Waals surface area contributed by atoms with Gasteiger partial charge in [-0.15, -0.1) is 23.1 Å². The average molecular weight is 562 g/mol. The van der Waals surface area contributed by atoms with Crippen LogP contribution in [0.3, 0.4) is 0 Å². The molecular formula is C27H24FN7O2S2. The van der Waals surface area contributed by atoms with Crippen LogP contribution in [-0.4, -0.2) is 63.2 Å². The quantitative estimate of drug-likeness (QED) is 0.283. The molecule has 1 N–H and O–H groups in total. The number of halogens is 1. The van der Waals surface area contributed by atoms with Gasteiger partial charge in [-0.05, 0) is 55.0 Å². The molecule has 1 fully saturated rings. The number of nitrogens with one attached hydrogen (secondary N) is 1. The van der Waals surface area contributed by atoms with Crippen LogP contribution in [0.5, 0.6) is 0 Å². The predicted octanol–water partition coefficient (Wildman–Crippen LogP) is 5.20. The number of aromatic nitrogens is 5. The van der Waals surface area contributed by atoms with Crippen LogP contribution in [0.15, 0.2) is 59.1 Å². The lowest BCUT2D eigenvalue weighted by Crippen LogP contribution is -2.36. The van der Waals surface area contributed by atoms with Gasteiger partial charge in [0, 0.05) is 30.4 Å². The van der Waals surface area contributed by atoms with Crippen molar-refractivity contribution in [1.29, 1.82) is 0 Å². The van der Waals surface area contributed by atoms with E-state index >= 15 is 0 Å². The Bertz CT molecular complexity index is 1660. The van der Waals surface area contributed by atoms with Crippen LogP contribution in [0.2, 0.25) is 0 Å². The summed E-state index contributed by atoms with van der Waals surface area (Å²) >= 11 is 3.06. The first kappa shape index (κ1) is 25.4. The van der Waals surface area contributed by atoms with E-state index in [0.29, 0.717) is 30.4 Å². The highest BCUT2D eigenvalue weighted by molar-refractivity contribution is 7.98. The van der Waals surface area contributed by atoms with Crippen molar-refractivity contribution in [1.82, 2.24) is 24.7 Å². The summed E-state index contributed by atoms with van der Waals surface area (Å²) in [7, 11) is 0. The monoisotopic (exact) mass is 561 g/mol. The van der Waals surface area contributed by atoms with Gasteiger partial charge in [-0.2, -0.15) is 5.10 Å². The van der Waals surface area contributed by atoms with E-state index in [1.807, 2.05) is 30.7 Å². The first-order chi connectivity index (χ1) is 19.0. The summed E-state index contributed by atoms with van der Waals surface area (Å²) in [5.74, 6) is 0.717. The number of fused-ring (bicyclic) bond motifs is 1. The number of nitrogens with zero attached hydrogens (tertiary/aromatic N) is 6. The molecule has 1 amide bonds. The van der Waals surface area contributed by atoms with E-state index in [0.717, 1.165) is 45.4 Å². The lowest BCUT2D eigenvalue weighted by molar-refractivity contribution is 0.102. The minimum Gasteiger partial charge on any atom is -0.378 e.